The van der Waals surface area contributed by atoms with Crippen molar-refractivity contribution in [1.29, 1.82) is 0 Å². The Hall–Kier alpha value is -0.610. The highest BCUT2D eigenvalue weighted by atomic mass is 16.4. The molecule has 4 nitrogen and oxygen atoms in total. The molecule has 0 aliphatic rings. The fourth-order valence-electron chi connectivity index (χ4n) is 1.36. The monoisotopic (exact) mass is 190 g/mol. The average Bonchev–Trinajstić information content (AvgIpc) is 2.09. The Morgan fingerprint density at radius 3 is 1.85 bits per heavy atom. The number of rotatable bonds is 8. The molecule has 0 atom stereocenters. The summed E-state index contributed by atoms with van der Waals surface area (Å²) in [6.07, 6.45) is 2.87. The number of carboxylic acids is 1. The van der Waals surface area contributed by atoms with Gasteiger partial charge in [-0.25, -0.2) is 0 Å². The van der Waals surface area contributed by atoms with Crippen molar-refractivity contribution in [2.75, 3.05) is 13.2 Å². The predicted octanol–water partition coefficient (Wildman–Crippen LogP) is 0.622. The van der Waals surface area contributed by atoms with Crippen LogP contribution in [0.4, 0.5) is 0 Å². The van der Waals surface area contributed by atoms with Gasteiger partial charge < -0.3 is 15.3 Å². The molecular weight excluding hydrogens is 172 g/mol. The van der Waals surface area contributed by atoms with E-state index in [2.05, 4.69) is 0 Å². The normalized spacial score (nSPS) is 10.7. The van der Waals surface area contributed by atoms with Crippen molar-refractivity contribution in [3.63, 3.8) is 0 Å². The molecule has 0 aromatic rings. The summed E-state index contributed by atoms with van der Waals surface area (Å²) in [5.41, 5.74) is 0. The number of aliphatic hydroxyl groups excluding tert-OH is 2. The molecule has 0 amide bonds. The van der Waals surface area contributed by atoms with E-state index in [9.17, 15) is 4.79 Å². The van der Waals surface area contributed by atoms with Crippen molar-refractivity contribution >= 4 is 5.97 Å². The smallest absolute Gasteiger partial charge is 0.303 e. The molecule has 78 valence electrons. The lowest BCUT2D eigenvalue weighted by Crippen LogP contribution is -2.09. The van der Waals surface area contributed by atoms with E-state index in [1.807, 2.05) is 0 Å². The van der Waals surface area contributed by atoms with Crippen molar-refractivity contribution < 1.29 is 20.1 Å². The van der Waals surface area contributed by atoms with Gasteiger partial charge in [0.15, 0.2) is 0 Å². The van der Waals surface area contributed by atoms with Crippen LogP contribution in [-0.2, 0) is 4.79 Å². The summed E-state index contributed by atoms with van der Waals surface area (Å²) in [5.74, 6) is -0.710. The van der Waals surface area contributed by atoms with Gasteiger partial charge in [0, 0.05) is 19.6 Å². The van der Waals surface area contributed by atoms with E-state index >= 15 is 0 Å². The second-order valence-corrected chi connectivity index (χ2v) is 3.20. The zero-order chi connectivity index (χ0) is 10.1. The maximum Gasteiger partial charge on any atom is 0.303 e. The number of carboxylic acid groups (broad SMARTS) is 1. The summed E-state index contributed by atoms with van der Waals surface area (Å²) >= 11 is 0. The van der Waals surface area contributed by atoms with Gasteiger partial charge >= 0.3 is 5.97 Å². The number of hydrogen-bond donors (Lipinski definition) is 3. The fraction of sp³-hybridized carbons (Fsp3) is 0.889. The third-order valence-corrected chi connectivity index (χ3v) is 2.00. The Balaban J connectivity index is 3.66. The third kappa shape index (κ3) is 7.74. The van der Waals surface area contributed by atoms with Gasteiger partial charge in [0.05, 0.1) is 0 Å². The minimum atomic E-state index is -0.805. The zero-order valence-electron chi connectivity index (χ0n) is 7.78. The van der Waals surface area contributed by atoms with Crippen LogP contribution in [0.1, 0.15) is 32.1 Å². The molecule has 0 radical (unpaired) electrons. The summed E-state index contributed by atoms with van der Waals surface area (Å²) in [5, 5.41) is 25.7. The van der Waals surface area contributed by atoms with E-state index in [-0.39, 0.29) is 25.6 Å². The van der Waals surface area contributed by atoms with Crippen LogP contribution in [0.15, 0.2) is 0 Å². The molecule has 0 aliphatic carbocycles. The fourth-order valence-corrected chi connectivity index (χ4v) is 1.36. The van der Waals surface area contributed by atoms with Crippen molar-refractivity contribution in [2.45, 2.75) is 32.1 Å². The van der Waals surface area contributed by atoms with Crippen LogP contribution in [0.2, 0.25) is 0 Å². The largest absolute Gasteiger partial charge is 0.481 e. The molecule has 3 N–H and O–H groups in total. The molecule has 0 saturated heterocycles. The first-order chi connectivity index (χ1) is 6.20. The Morgan fingerprint density at radius 1 is 1.08 bits per heavy atom. The molecule has 0 unspecified atom stereocenters. The molecule has 0 aromatic heterocycles. The second kappa shape index (κ2) is 8.01. The summed E-state index contributed by atoms with van der Waals surface area (Å²) < 4.78 is 0. The molecular formula is C9H18O4. The van der Waals surface area contributed by atoms with Crippen LogP contribution in [0, 0.1) is 5.92 Å². The predicted molar refractivity (Wildman–Crippen MR) is 48.4 cm³/mol. The van der Waals surface area contributed by atoms with Crippen LogP contribution < -0.4 is 0 Å². The molecule has 13 heavy (non-hydrogen) atoms. The first-order valence-corrected chi connectivity index (χ1v) is 4.64. The van der Waals surface area contributed by atoms with Gasteiger partial charge in [0.1, 0.15) is 0 Å². The van der Waals surface area contributed by atoms with Crippen LogP contribution in [0.5, 0.6) is 0 Å². The summed E-state index contributed by atoms with van der Waals surface area (Å²) in [6.45, 7) is 0.213. The van der Waals surface area contributed by atoms with Crippen molar-refractivity contribution in [2.24, 2.45) is 5.92 Å². The van der Waals surface area contributed by atoms with Gasteiger partial charge in [-0.15, -0.1) is 0 Å². The summed E-state index contributed by atoms with van der Waals surface area (Å²) in [4.78, 5) is 10.4. The van der Waals surface area contributed by atoms with E-state index in [0.29, 0.717) is 12.8 Å². The highest BCUT2D eigenvalue weighted by molar-refractivity contribution is 5.66. The maximum absolute atomic E-state index is 10.4. The average molecular weight is 190 g/mol. The molecule has 0 bridgehead atoms. The number of aliphatic carboxylic acids is 1. The van der Waals surface area contributed by atoms with E-state index in [0.717, 1.165) is 12.8 Å². The lowest BCUT2D eigenvalue weighted by atomic mass is 9.94. The van der Waals surface area contributed by atoms with Crippen molar-refractivity contribution in [1.82, 2.24) is 0 Å². The van der Waals surface area contributed by atoms with Gasteiger partial charge in [0.2, 0.25) is 0 Å². The molecule has 0 saturated carbocycles. The van der Waals surface area contributed by atoms with E-state index in [4.69, 9.17) is 15.3 Å². The zero-order valence-corrected chi connectivity index (χ0v) is 7.78. The molecule has 4 heteroatoms. The highest BCUT2D eigenvalue weighted by Gasteiger charge is 2.11. The van der Waals surface area contributed by atoms with Crippen LogP contribution in [0.3, 0.4) is 0 Å². The Bertz CT molecular complexity index is 128. The number of carbonyl (C=O) groups is 1. The van der Waals surface area contributed by atoms with Crippen LogP contribution in [0.25, 0.3) is 0 Å². The topological polar surface area (TPSA) is 77.8 Å². The second-order valence-electron chi connectivity index (χ2n) is 3.20. The van der Waals surface area contributed by atoms with Gasteiger partial charge in [0.25, 0.3) is 0 Å². The quantitative estimate of drug-likeness (QED) is 0.524. The highest BCUT2D eigenvalue weighted by Crippen LogP contribution is 2.17. The Kier molecular flexibility index (Phi) is 7.63. The lowest BCUT2D eigenvalue weighted by Gasteiger charge is -2.12. The molecule has 0 spiro atoms. The summed E-state index contributed by atoms with van der Waals surface area (Å²) in [7, 11) is 0. The van der Waals surface area contributed by atoms with E-state index < -0.39 is 5.97 Å². The van der Waals surface area contributed by atoms with Gasteiger partial charge in [-0.3, -0.25) is 4.79 Å². The van der Waals surface area contributed by atoms with Gasteiger partial charge in [-0.05, 0) is 31.6 Å². The molecule has 0 aromatic carbocycles. The van der Waals surface area contributed by atoms with Crippen LogP contribution in [-0.4, -0.2) is 34.5 Å². The molecule has 0 aliphatic heterocycles. The Labute approximate surface area is 78.2 Å². The SMILES string of the molecule is O=C(O)CC(CCCO)CCCO. The van der Waals surface area contributed by atoms with Crippen LogP contribution >= 0.6 is 0 Å². The van der Waals surface area contributed by atoms with E-state index in [1.54, 1.807) is 0 Å². The molecule has 0 fully saturated rings. The standard InChI is InChI=1S/C9H18O4/c10-5-1-3-8(4-2-6-11)7-9(12)13/h8,10-11H,1-7H2,(H,12,13). The number of hydrogen-bond acceptors (Lipinski definition) is 3. The van der Waals surface area contributed by atoms with Gasteiger partial charge in [-0.2, -0.15) is 0 Å². The Morgan fingerprint density at radius 2 is 1.54 bits per heavy atom. The number of aliphatic hydroxyl groups is 2. The first-order valence-electron chi connectivity index (χ1n) is 4.64. The van der Waals surface area contributed by atoms with Crippen molar-refractivity contribution in [3.05, 3.63) is 0 Å². The molecule has 0 rings (SSSR count). The first kappa shape index (κ1) is 12.4. The lowest BCUT2D eigenvalue weighted by molar-refractivity contribution is -0.138. The summed E-state index contributed by atoms with van der Waals surface area (Å²) in [6, 6.07) is 0. The van der Waals surface area contributed by atoms with E-state index in [1.165, 1.54) is 0 Å². The van der Waals surface area contributed by atoms with Crippen molar-refractivity contribution in [3.8, 4) is 0 Å². The third-order valence-electron chi connectivity index (χ3n) is 2.00. The maximum atomic E-state index is 10.4. The van der Waals surface area contributed by atoms with Gasteiger partial charge in [-0.1, -0.05) is 0 Å². The molecule has 0 heterocycles. The minimum absolute atomic E-state index is 0.0943. The minimum Gasteiger partial charge on any atom is -0.481 e.